The van der Waals surface area contributed by atoms with E-state index in [1.807, 2.05) is 21.0 Å². The summed E-state index contributed by atoms with van der Waals surface area (Å²) in [5.41, 5.74) is 0.762. The highest BCUT2D eigenvalue weighted by Crippen LogP contribution is 2.15. The van der Waals surface area contributed by atoms with Crippen LogP contribution in [0.2, 0.25) is 0 Å². The molecule has 1 atom stereocenters. The summed E-state index contributed by atoms with van der Waals surface area (Å²) in [6, 6.07) is 4.03. The van der Waals surface area contributed by atoms with Crippen LogP contribution < -0.4 is 5.32 Å². The maximum absolute atomic E-state index is 13.0. The minimum atomic E-state index is -0.802. The van der Waals surface area contributed by atoms with E-state index in [0.29, 0.717) is 0 Å². The van der Waals surface area contributed by atoms with Crippen molar-refractivity contribution in [2.45, 2.75) is 13.0 Å². The number of benzene rings is 1. The third-order valence-electron chi connectivity index (χ3n) is 2.45. The molecule has 0 aliphatic heterocycles. The van der Waals surface area contributed by atoms with Crippen LogP contribution in [0.25, 0.3) is 0 Å². The SMILES string of the molecule is CC(NCCN(C)C)c1ccc(F)c(F)c1. The van der Waals surface area contributed by atoms with Crippen LogP contribution in [0.3, 0.4) is 0 Å². The van der Waals surface area contributed by atoms with Gasteiger partial charge in [-0.15, -0.1) is 0 Å². The van der Waals surface area contributed by atoms with Crippen LogP contribution in [-0.4, -0.2) is 32.1 Å². The molecule has 90 valence electrons. The summed E-state index contributed by atoms with van der Waals surface area (Å²) in [7, 11) is 3.98. The zero-order valence-corrected chi connectivity index (χ0v) is 9.93. The first-order chi connectivity index (χ1) is 7.50. The first-order valence-corrected chi connectivity index (χ1v) is 5.33. The number of likely N-dealkylation sites (N-methyl/N-ethyl adjacent to an activating group) is 1. The summed E-state index contributed by atoms with van der Waals surface area (Å²) in [5.74, 6) is -1.59. The number of nitrogens with zero attached hydrogens (tertiary/aromatic N) is 1. The van der Waals surface area contributed by atoms with Crippen molar-refractivity contribution in [2.24, 2.45) is 0 Å². The van der Waals surface area contributed by atoms with Crippen molar-refractivity contribution in [3.63, 3.8) is 0 Å². The fourth-order valence-electron chi connectivity index (χ4n) is 1.40. The fourth-order valence-corrected chi connectivity index (χ4v) is 1.40. The summed E-state index contributed by atoms with van der Waals surface area (Å²) in [6.07, 6.45) is 0. The molecule has 1 aromatic rings. The predicted molar refractivity (Wildman–Crippen MR) is 61.3 cm³/mol. The molecule has 0 aliphatic rings. The lowest BCUT2D eigenvalue weighted by atomic mass is 10.1. The molecule has 2 nitrogen and oxygen atoms in total. The average molecular weight is 228 g/mol. The van der Waals surface area contributed by atoms with Crippen molar-refractivity contribution in [3.05, 3.63) is 35.4 Å². The molecule has 1 N–H and O–H groups in total. The summed E-state index contributed by atoms with van der Waals surface area (Å²) in [4.78, 5) is 2.06. The first kappa shape index (κ1) is 13.1. The van der Waals surface area contributed by atoms with Gasteiger partial charge in [-0.05, 0) is 38.7 Å². The van der Waals surface area contributed by atoms with Crippen LogP contribution in [-0.2, 0) is 0 Å². The quantitative estimate of drug-likeness (QED) is 0.831. The largest absolute Gasteiger partial charge is 0.309 e. The molecule has 0 fully saturated rings. The van der Waals surface area contributed by atoms with Gasteiger partial charge in [0, 0.05) is 19.1 Å². The Morgan fingerprint density at radius 2 is 1.94 bits per heavy atom. The van der Waals surface area contributed by atoms with E-state index in [2.05, 4.69) is 10.2 Å². The Balaban J connectivity index is 2.52. The highest BCUT2D eigenvalue weighted by Gasteiger charge is 2.08. The predicted octanol–water partition coefficient (Wildman–Crippen LogP) is 2.18. The normalized spacial score (nSPS) is 13.1. The molecular formula is C12H18F2N2. The second-order valence-electron chi connectivity index (χ2n) is 4.15. The van der Waals surface area contributed by atoms with Gasteiger partial charge >= 0.3 is 0 Å². The van der Waals surface area contributed by atoms with Crippen LogP contribution in [0.5, 0.6) is 0 Å². The molecule has 0 aromatic heterocycles. The van der Waals surface area contributed by atoms with E-state index in [1.165, 1.54) is 6.07 Å². The van der Waals surface area contributed by atoms with E-state index < -0.39 is 11.6 Å². The number of rotatable bonds is 5. The van der Waals surface area contributed by atoms with Crippen LogP contribution in [0.4, 0.5) is 8.78 Å². The smallest absolute Gasteiger partial charge is 0.159 e. The van der Waals surface area contributed by atoms with Gasteiger partial charge in [0.05, 0.1) is 0 Å². The number of hydrogen-bond donors (Lipinski definition) is 1. The van der Waals surface area contributed by atoms with Gasteiger partial charge in [0.25, 0.3) is 0 Å². The van der Waals surface area contributed by atoms with Gasteiger partial charge in [-0.3, -0.25) is 0 Å². The first-order valence-electron chi connectivity index (χ1n) is 5.33. The summed E-state index contributed by atoms with van der Waals surface area (Å²) in [6.45, 7) is 3.66. The molecule has 0 radical (unpaired) electrons. The molecule has 1 aromatic carbocycles. The second kappa shape index (κ2) is 5.92. The summed E-state index contributed by atoms with van der Waals surface area (Å²) >= 11 is 0. The molecule has 0 spiro atoms. The third kappa shape index (κ3) is 3.87. The van der Waals surface area contributed by atoms with Crippen molar-refractivity contribution in [1.82, 2.24) is 10.2 Å². The summed E-state index contributed by atoms with van der Waals surface area (Å²) in [5, 5.41) is 3.25. The zero-order chi connectivity index (χ0) is 12.1. The Bertz CT molecular complexity index is 340. The monoisotopic (exact) mass is 228 g/mol. The van der Waals surface area contributed by atoms with E-state index in [4.69, 9.17) is 0 Å². The van der Waals surface area contributed by atoms with Gasteiger partial charge in [0.1, 0.15) is 0 Å². The molecule has 0 amide bonds. The van der Waals surface area contributed by atoms with Crippen molar-refractivity contribution < 1.29 is 8.78 Å². The molecule has 1 rings (SSSR count). The van der Waals surface area contributed by atoms with Gasteiger partial charge in [0.15, 0.2) is 11.6 Å². The number of halogens is 2. The topological polar surface area (TPSA) is 15.3 Å². The Morgan fingerprint density at radius 3 is 2.50 bits per heavy atom. The van der Waals surface area contributed by atoms with Crippen molar-refractivity contribution in [1.29, 1.82) is 0 Å². The van der Waals surface area contributed by atoms with Crippen molar-refractivity contribution >= 4 is 0 Å². The van der Waals surface area contributed by atoms with Gasteiger partial charge in [-0.25, -0.2) is 8.78 Å². The summed E-state index contributed by atoms with van der Waals surface area (Å²) < 4.78 is 25.7. The molecule has 0 bridgehead atoms. The van der Waals surface area contributed by atoms with E-state index in [0.717, 1.165) is 24.7 Å². The Kier molecular flexibility index (Phi) is 4.83. The zero-order valence-electron chi connectivity index (χ0n) is 9.93. The number of nitrogens with one attached hydrogen (secondary N) is 1. The van der Waals surface area contributed by atoms with Crippen LogP contribution in [0, 0.1) is 11.6 Å². The molecule has 1 unspecified atom stereocenters. The van der Waals surface area contributed by atoms with E-state index in [1.54, 1.807) is 6.07 Å². The van der Waals surface area contributed by atoms with Gasteiger partial charge in [-0.2, -0.15) is 0 Å². The van der Waals surface area contributed by atoms with Crippen molar-refractivity contribution in [3.8, 4) is 0 Å². The Morgan fingerprint density at radius 1 is 1.25 bits per heavy atom. The standard InChI is InChI=1S/C12H18F2N2/c1-9(15-6-7-16(2)3)10-4-5-11(13)12(14)8-10/h4-5,8-9,15H,6-7H2,1-3H3. The van der Waals surface area contributed by atoms with E-state index in [9.17, 15) is 8.78 Å². The van der Waals surface area contributed by atoms with Crippen LogP contribution in [0.1, 0.15) is 18.5 Å². The van der Waals surface area contributed by atoms with Gasteiger partial charge in [0.2, 0.25) is 0 Å². The number of hydrogen-bond acceptors (Lipinski definition) is 2. The minimum Gasteiger partial charge on any atom is -0.309 e. The molecule has 16 heavy (non-hydrogen) atoms. The lowest BCUT2D eigenvalue weighted by Gasteiger charge is -2.16. The fraction of sp³-hybridized carbons (Fsp3) is 0.500. The maximum atomic E-state index is 13.0. The minimum absolute atomic E-state index is 0.0232. The second-order valence-corrected chi connectivity index (χ2v) is 4.15. The highest BCUT2D eigenvalue weighted by molar-refractivity contribution is 5.20. The van der Waals surface area contributed by atoms with E-state index in [-0.39, 0.29) is 6.04 Å². The molecule has 4 heteroatoms. The molecule has 0 saturated carbocycles. The van der Waals surface area contributed by atoms with Gasteiger partial charge in [-0.1, -0.05) is 6.07 Å². The van der Waals surface area contributed by atoms with Crippen LogP contribution in [0.15, 0.2) is 18.2 Å². The van der Waals surface area contributed by atoms with Crippen molar-refractivity contribution in [2.75, 3.05) is 27.2 Å². The lowest BCUT2D eigenvalue weighted by molar-refractivity contribution is 0.388. The molecule has 0 saturated heterocycles. The molecular weight excluding hydrogens is 210 g/mol. The van der Waals surface area contributed by atoms with Crippen LogP contribution >= 0.6 is 0 Å². The molecule has 0 heterocycles. The Labute approximate surface area is 95.3 Å². The van der Waals surface area contributed by atoms with Gasteiger partial charge < -0.3 is 10.2 Å². The third-order valence-corrected chi connectivity index (χ3v) is 2.45. The molecule has 0 aliphatic carbocycles. The highest BCUT2D eigenvalue weighted by atomic mass is 19.2. The maximum Gasteiger partial charge on any atom is 0.159 e. The average Bonchev–Trinajstić information content (AvgIpc) is 2.21. The van der Waals surface area contributed by atoms with E-state index >= 15 is 0 Å². The Hall–Kier alpha value is -1.00. The lowest BCUT2D eigenvalue weighted by Crippen LogP contribution is -2.28.